The second-order valence-corrected chi connectivity index (χ2v) is 6.40. The van der Waals surface area contributed by atoms with Gasteiger partial charge in [0, 0.05) is 35.3 Å². The van der Waals surface area contributed by atoms with E-state index >= 15 is 0 Å². The largest absolute Gasteiger partial charge is 0.381 e. The third kappa shape index (κ3) is 3.42. The summed E-state index contributed by atoms with van der Waals surface area (Å²) in [6.07, 6.45) is 1.20. The first-order chi connectivity index (χ1) is 8.54. The standard InChI is InChI=1S/C14H20N2OS/c1-9-4-5-12(15-11(3)17)7-14(9)16-13-6-10(2)18-8-13/h4-5,7,10,13,16H,6,8H2,1-3H3,(H,15,17). The molecule has 0 aliphatic carbocycles. The molecule has 0 radical (unpaired) electrons. The minimum absolute atomic E-state index is 0.0325. The average Bonchev–Trinajstić information content (AvgIpc) is 2.68. The number of anilines is 2. The Morgan fingerprint density at radius 2 is 2.22 bits per heavy atom. The summed E-state index contributed by atoms with van der Waals surface area (Å²) in [5.41, 5.74) is 3.20. The van der Waals surface area contributed by atoms with Crippen molar-refractivity contribution in [2.45, 2.75) is 38.5 Å². The molecule has 1 saturated heterocycles. The number of thioether (sulfide) groups is 1. The van der Waals surface area contributed by atoms with E-state index < -0.39 is 0 Å². The highest BCUT2D eigenvalue weighted by Gasteiger charge is 2.21. The maximum Gasteiger partial charge on any atom is 0.221 e. The van der Waals surface area contributed by atoms with Gasteiger partial charge in [-0.3, -0.25) is 4.79 Å². The van der Waals surface area contributed by atoms with Crippen LogP contribution < -0.4 is 10.6 Å². The summed E-state index contributed by atoms with van der Waals surface area (Å²) in [5.74, 6) is 1.13. The third-order valence-electron chi connectivity index (χ3n) is 3.12. The predicted molar refractivity (Wildman–Crippen MR) is 79.4 cm³/mol. The molecule has 1 aromatic rings. The lowest BCUT2D eigenvalue weighted by atomic mass is 10.1. The van der Waals surface area contributed by atoms with Gasteiger partial charge in [-0.1, -0.05) is 13.0 Å². The highest BCUT2D eigenvalue weighted by atomic mass is 32.2. The molecular weight excluding hydrogens is 244 g/mol. The van der Waals surface area contributed by atoms with Gasteiger partial charge in [0.25, 0.3) is 0 Å². The van der Waals surface area contributed by atoms with E-state index in [0.29, 0.717) is 6.04 Å². The van der Waals surface area contributed by atoms with Gasteiger partial charge in [-0.05, 0) is 31.0 Å². The molecule has 2 unspecified atom stereocenters. The highest BCUT2D eigenvalue weighted by molar-refractivity contribution is 8.00. The molecule has 2 atom stereocenters. The molecule has 1 fully saturated rings. The fraction of sp³-hybridized carbons (Fsp3) is 0.500. The van der Waals surface area contributed by atoms with Crippen molar-refractivity contribution < 1.29 is 4.79 Å². The monoisotopic (exact) mass is 264 g/mol. The van der Waals surface area contributed by atoms with Crippen LogP contribution in [-0.4, -0.2) is 23.0 Å². The molecule has 18 heavy (non-hydrogen) atoms. The van der Waals surface area contributed by atoms with Crippen molar-refractivity contribution in [1.29, 1.82) is 0 Å². The Morgan fingerprint density at radius 1 is 1.44 bits per heavy atom. The van der Waals surface area contributed by atoms with E-state index in [1.165, 1.54) is 18.9 Å². The fourth-order valence-electron chi connectivity index (χ4n) is 2.20. The van der Waals surface area contributed by atoms with Gasteiger partial charge < -0.3 is 10.6 Å². The van der Waals surface area contributed by atoms with Crippen LogP contribution in [0.15, 0.2) is 18.2 Å². The molecule has 1 heterocycles. The normalized spacial score (nSPS) is 22.8. The van der Waals surface area contributed by atoms with Gasteiger partial charge in [-0.2, -0.15) is 11.8 Å². The SMILES string of the molecule is CC(=O)Nc1ccc(C)c(NC2CSC(C)C2)c1. The number of amides is 1. The Balaban J connectivity index is 2.08. The summed E-state index contributed by atoms with van der Waals surface area (Å²) in [5, 5.41) is 7.14. The second kappa shape index (κ2) is 5.65. The number of nitrogens with one attached hydrogen (secondary N) is 2. The van der Waals surface area contributed by atoms with E-state index in [0.717, 1.165) is 22.4 Å². The van der Waals surface area contributed by atoms with Crippen molar-refractivity contribution in [2.75, 3.05) is 16.4 Å². The molecule has 98 valence electrons. The first-order valence-corrected chi connectivity index (χ1v) is 7.36. The molecular formula is C14H20N2OS. The van der Waals surface area contributed by atoms with Gasteiger partial charge in [0.1, 0.15) is 0 Å². The summed E-state index contributed by atoms with van der Waals surface area (Å²) < 4.78 is 0. The number of rotatable bonds is 3. The third-order valence-corrected chi connectivity index (χ3v) is 4.47. The molecule has 1 aliphatic rings. The molecule has 0 bridgehead atoms. The zero-order chi connectivity index (χ0) is 13.1. The van der Waals surface area contributed by atoms with E-state index in [9.17, 15) is 4.79 Å². The van der Waals surface area contributed by atoms with Gasteiger partial charge in [0.2, 0.25) is 5.91 Å². The van der Waals surface area contributed by atoms with Crippen LogP contribution in [0.5, 0.6) is 0 Å². The van der Waals surface area contributed by atoms with Crippen molar-refractivity contribution in [1.82, 2.24) is 0 Å². The fourth-order valence-corrected chi connectivity index (χ4v) is 3.34. The summed E-state index contributed by atoms with van der Waals surface area (Å²) in [6, 6.07) is 6.54. The van der Waals surface area contributed by atoms with Gasteiger partial charge in [0.15, 0.2) is 0 Å². The van der Waals surface area contributed by atoms with E-state index in [2.05, 4.69) is 24.5 Å². The smallest absolute Gasteiger partial charge is 0.221 e. The lowest BCUT2D eigenvalue weighted by molar-refractivity contribution is -0.114. The van der Waals surface area contributed by atoms with Crippen LogP contribution in [0.1, 0.15) is 25.8 Å². The van der Waals surface area contributed by atoms with E-state index in [-0.39, 0.29) is 5.91 Å². The molecule has 0 spiro atoms. The Labute approximate surface area is 113 Å². The van der Waals surface area contributed by atoms with Gasteiger partial charge >= 0.3 is 0 Å². The van der Waals surface area contributed by atoms with Crippen molar-refractivity contribution >= 4 is 29.0 Å². The molecule has 1 aliphatic heterocycles. The summed E-state index contributed by atoms with van der Waals surface area (Å²) >= 11 is 2.01. The van der Waals surface area contributed by atoms with Crippen molar-refractivity contribution in [2.24, 2.45) is 0 Å². The van der Waals surface area contributed by atoms with Crippen molar-refractivity contribution in [3.05, 3.63) is 23.8 Å². The van der Waals surface area contributed by atoms with Gasteiger partial charge in [-0.25, -0.2) is 0 Å². The summed E-state index contributed by atoms with van der Waals surface area (Å²) in [6.45, 7) is 5.89. The maximum absolute atomic E-state index is 11.1. The molecule has 3 nitrogen and oxygen atoms in total. The lowest BCUT2D eigenvalue weighted by Gasteiger charge is -2.16. The molecule has 2 N–H and O–H groups in total. The second-order valence-electron chi connectivity index (χ2n) is 4.93. The van der Waals surface area contributed by atoms with Crippen LogP contribution in [0.2, 0.25) is 0 Å². The van der Waals surface area contributed by atoms with Gasteiger partial charge in [-0.15, -0.1) is 0 Å². The summed E-state index contributed by atoms with van der Waals surface area (Å²) in [4.78, 5) is 11.1. The Bertz CT molecular complexity index is 447. The van der Waals surface area contributed by atoms with E-state index in [1.807, 2.05) is 30.0 Å². The zero-order valence-electron chi connectivity index (χ0n) is 11.1. The molecule has 0 aromatic heterocycles. The molecule has 1 amide bonds. The van der Waals surface area contributed by atoms with Crippen LogP contribution in [-0.2, 0) is 4.79 Å². The maximum atomic E-state index is 11.1. The van der Waals surface area contributed by atoms with Crippen LogP contribution in [0.25, 0.3) is 0 Å². The van der Waals surface area contributed by atoms with Gasteiger partial charge in [0.05, 0.1) is 0 Å². The molecule has 4 heteroatoms. The lowest BCUT2D eigenvalue weighted by Crippen LogP contribution is -2.19. The number of hydrogen-bond donors (Lipinski definition) is 2. The van der Waals surface area contributed by atoms with Crippen LogP contribution in [0.4, 0.5) is 11.4 Å². The topological polar surface area (TPSA) is 41.1 Å². The minimum atomic E-state index is -0.0325. The quantitative estimate of drug-likeness (QED) is 0.880. The first-order valence-electron chi connectivity index (χ1n) is 6.31. The predicted octanol–water partition coefficient (Wildman–Crippen LogP) is 3.26. The number of carbonyl (C=O) groups is 1. The minimum Gasteiger partial charge on any atom is -0.381 e. The average molecular weight is 264 g/mol. The van der Waals surface area contributed by atoms with E-state index in [4.69, 9.17) is 0 Å². The zero-order valence-corrected chi connectivity index (χ0v) is 11.9. The number of aryl methyl sites for hydroxylation is 1. The van der Waals surface area contributed by atoms with Crippen LogP contribution in [0, 0.1) is 6.92 Å². The van der Waals surface area contributed by atoms with Crippen molar-refractivity contribution in [3.8, 4) is 0 Å². The highest BCUT2D eigenvalue weighted by Crippen LogP contribution is 2.30. The number of benzene rings is 1. The Hall–Kier alpha value is -1.16. The van der Waals surface area contributed by atoms with E-state index in [1.54, 1.807) is 0 Å². The van der Waals surface area contributed by atoms with Crippen LogP contribution >= 0.6 is 11.8 Å². The molecule has 0 saturated carbocycles. The number of carbonyl (C=O) groups excluding carboxylic acids is 1. The van der Waals surface area contributed by atoms with Crippen LogP contribution in [0.3, 0.4) is 0 Å². The Morgan fingerprint density at radius 3 is 2.83 bits per heavy atom. The Kier molecular flexibility index (Phi) is 4.17. The van der Waals surface area contributed by atoms with Crippen molar-refractivity contribution in [3.63, 3.8) is 0 Å². The summed E-state index contributed by atoms with van der Waals surface area (Å²) in [7, 11) is 0. The molecule has 2 rings (SSSR count). The molecule has 1 aromatic carbocycles. The number of hydrogen-bond acceptors (Lipinski definition) is 3. The first kappa shape index (κ1) is 13.3.